The lowest BCUT2D eigenvalue weighted by Crippen LogP contribution is -2.25. The molecule has 0 aliphatic carbocycles. The third-order valence-corrected chi connectivity index (χ3v) is 3.48. The number of nitrogens with zero attached hydrogens (tertiary/aromatic N) is 1. The lowest BCUT2D eigenvalue weighted by molar-refractivity contribution is 0.473. The molecule has 21 heavy (non-hydrogen) atoms. The smallest absolute Gasteiger partial charge is 0.132 e. The van der Waals surface area contributed by atoms with E-state index in [2.05, 4.69) is 27.9 Å². The maximum absolute atomic E-state index is 12.1. The number of hydrogen-bond donors (Lipinski definition) is 1. The second-order valence-corrected chi connectivity index (χ2v) is 5.10. The molecular weight excluding hydrogens is 263 g/mol. The van der Waals surface area contributed by atoms with Crippen LogP contribution in [-0.2, 0) is 6.42 Å². The van der Waals surface area contributed by atoms with Crippen molar-refractivity contribution in [1.29, 1.82) is 0 Å². The summed E-state index contributed by atoms with van der Waals surface area (Å²) >= 11 is 0. The van der Waals surface area contributed by atoms with Crippen LogP contribution in [0.25, 0.3) is 6.08 Å². The number of fused-ring (bicyclic) bond motifs is 1. The molecule has 1 aliphatic heterocycles. The summed E-state index contributed by atoms with van der Waals surface area (Å²) in [6.07, 6.45) is 4.55. The Morgan fingerprint density at radius 3 is 2.81 bits per heavy atom. The van der Waals surface area contributed by atoms with Crippen molar-refractivity contribution < 1.29 is 4.39 Å². The number of H-pyrrole nitrogens is 1. The van der Waals surface area contributed by atoms with Gasteiger partial charge in [0.25, 0.3) is 0 Å². The van der Waals surface area contributed by atoms with Gasteiger partial charge in [0.15, 0.2) is 0 Å². The highest BCUT2D eigenvalue weighted by molar-refractivity contribution is 5.42. The van der Waals surface area contributed by atoms with Crippen molar-refractivity contribution in [3.63, 3.8) is 0 Å². The van der Waals surface area contributed by atoms with Crippen LogP contribution in [0.4, 0.5) is 4.39 Å². The van der Waals surface area contributed by atoms with E-state index in [1.165, 1.54) is 0 Å². The number of hydrogen-bond acceptors (Lipinski definition) is 1. The highest BCUT2D eigenvalue weighted by Crippen LogP contribution is 2.06. The average molecular weight is 280 g/mol. The highest BCUT2D eigenvalue weighted by atomic mass is 19.1. The van der Waals surface area contributed by atoms with Gasteiger partial charge in [0.2, 0.25) is 0 Å². The summed E-state index contributed by atoms with van der Waals surface area (Å²) in [5.41, 5.74) is 3.95. The number of benzene rings is 1. The summed E-state index contributed by atoms with van der Waals surface area (Å²) in [5, 5.41) is 1.15. The number of rotatable bonds is 3. The monoisotopic (exact) mass is 280 g/mol. The molecule has 0 bridgehead atoms. The minimum atomic E-state index is -0.263. The normalized spacial score (nSPS) is 12.6. The number of halogens is 1. The van der Waals surface area contributed by atoms with Crippen LogP contribution in [0.3, 0.4) is 0 Å². The molecule has 2 heterocycles. The zero-order valence-corrected chi connectivity index (χ0v) is 11.8. The molecule has 0 atom stereocenters. The Morgan fingerprint density at radius 2 is 2.05 bits per heavy atom. The van der Waals surface area contributed by atoms with Crippen molar-refractivity contribution in [1.82, 2.24) is 4.98 Å². The largest absolute Gasteiger partial charge is 0.333 e. The van der Waals surface area contributed by atoms with Crippen LogP contribution in [0, 0.1) is 11.8 Å². The number of aromatic nitrogens is 1. The van der Waals surface area contributed by atoms with Gasteiger partial charge in [-0.1, -0.05) is 24.1 Å². The summed E-state index contributed by atoms with van der Waals surface area (Å²) in [7, 11) is 0. The molecule has 0 saturated heterocycles. The number of nitrogens with one attached hydrogen (secondary N) is 1. The fraction of sp³-hybridized carbons (Fsp3) is 0.278. The Labute approximate surface area is 123 Å². The summed E-state index contributed by atoms with van der Waals surface area (Å²) in [4.78, 5) is 7.65. The van der Waals surface area contributed by atoms with E-state index < -0.39 is 0 Å². The molecule has 1 aromatic heterocycles. The summed E-state index contributed by atoms with van der Waals surface area (Å²) in [6.45, 7) is 0.585. The Kier molecular flexibility index (Phi) is 4.16. The predicted octanol–water partition coefficient (Wildman–Crippen LogP) is 2.12. The first-order chi connectivity index (χ1) is 10.3. The molecule has 0 unspecified atom stereocenters. The fourth-order valence-corrected chi connectivity index (χ4v) is 2.38. The molecule has 0 radical (unpaired) electrons. The van der Waals surface area contributed by atoms with Gasteiger partial charge in [-0.2, -0.15) is 0 Å². The molecular formula is C18H17FN2. The minimum absolute atomic E-state index is 0.263. The van der Waals surface area contributed by atoms with Crippen LogP contribution in [0.2, 0.25) is 0 Å². The van der Waals surface area contributed by atoms with E-state index in [9.17, 15) is 4.39 Å². The summed E-state index contributed by atoms with van der Waals surface area (Å²) < 4.78 is 12.1. The van der Waals surface area contributed by atoms with Gasteiger partial charge >= 0.3 is 0 Å². The molecule has 0 amide bonds. The molecule has 0 saturated carbocycles. The third-order valence-electron chi connectivity index (χ3n) is 3.48. The quantitative estimate of drug-likeness (QED) is 0.834. The van der Waals surface area contributed by atoms with Crippen molar-refractivity contribution in [3.05, 3.63) is 57.9 Å². The van der Waals surface area contributed by atoms with Crippen LogP contribution < -0.4 is 10.7 Å². The highest BCUT2D eigenvalue weighted by Gasteiger charge is 1.98. The SMILES string of the molecule is FCCCc1ccc(C#Cc2cc3c([nH]2)=NCCC=3)cc1. The predicted molar refractivity (Wildman–Crippen MR) is 82.2 cm³/mol. The van der Waals surface area contributed by atoms with Gasteiger partial charge in [0.05, 0.1) is 12.4 Å². The minimum Gasteiger partial charge on any atom is -0.333 e. The van der Waals surface area contributed by atoms with E-state index in [1.54, 1.807) is 0 Å². The fourth-order valence-electron chi connectivity index (χ4n) is 2.38. The van der Waals surface area contributed by atoms with Gasteiger partial charge < -0.3 is 4.98 Å². The molecule has 2 nitrogen and oxygen atoms in total. The van der Waals surface area contributed by atoms with E-state index in [0.29, 0.717) is 6.42 Å². The molecule has 1 N–H and O–H groups in total. The van der Waals surface area contributed by atoms with E-state index in [1.807, 2.05) is 30.3 Å². The van der Waals surface area contributed by atoms with Gasteiger partial charge in [-0.05, 0) is 48.9 Å². The second-order valence-electron chi connectivity index (χ2n) is 5.10. The zero-order chi connectivity index (χ0) is 14.5. The zero-order valence-electron chi connectivity index (χ0n) is 11.8. The van der Waals surface area contributed by atoms with Crippen LogP contribution in [-0.4, -0.2) is 18.2 Å². The third kappa shape index (κ3) is 3.41. The van der Waals surface area contributed by atoms with Crippen LogP contribution in [0.1, 0.15) is 29.7 Å². The lowest BCUT2D eigenvalue weighted by Gasteiger charge is -1.98. The first-order valence-corrected chi connectivity index (χ1v) is 7.26. The maximum Gasteiger partial charge on any atom is 0.132 e. The standard InChI is InChI=1S/C18H17FN2/c19-11-1-3-14-5-7-15(8-6-14)9-10-17-13-16-4-2-12-20-18(16)21-17/h4-8,13H,1-3,11-12H2,(H,20,21). The molecule has 3 heteroatoms. The van der Waals surface area contributed by atoms with Crippen molar-refractivity contribution in [2.45, 2.75) is 19.3 Å². The van der Waals surface area contributed by atoms with Crippen molar-refractivity contribution in [2.75, 3.05) is 13.2 Å². The van der Waals surface area contributed by atoms with Gasteiger partial charge in [0.1, 0.15) is 5.49 Å². The van der Waals surface area contributed by atoms with Crippen LogP contribution in [0.15, 0.2) is 35.3 Å². The first-order valence-electron chi connectivity index (χ1n) is 7.26. The number of aromatic amines is 1. The topological polar surface area (TPSA) is 28.1 Å². The summed E-state index contributed by atoms with van der Waals surface area (Å²) in [6, 6.07) is 10.0. The molecule has 2 aromatic rings. The van der Waals surface area contributed by atoms with Gasteiger partial charge in [0, 0.05) is 17.3 Å². The van der Waals surface area contributed by atoms with Gasteiger partial charge in [-0.3, -0.25) is 9.38 Å². The van der Waals surface area contributed by atoms with Crippen LogP contribution >= 0.6 is 0 Å². The Hall–Kier alpha value is -2.34. The van der Waals surface area contributed by atoms with E-state index in [-0.39, 0.29) is 6.67 Å². The second kappa shape index (κ2) is 6.41. The molecule has 1 aliphatic rings. The van der Waals surface area contributed by atoms with Crippen molar-refractivity contribution in [2.24, 2.45) is 4.99 Å². The van der Waals surface area contributed by atoms with Crippen molar-refractivity contribution >= 4 is 6.08 Å². The molecule has 106 valence electrons. The number of aryl methyl sites for hydroxylation is 1. The van der Waals surface area contributed by atoms with Crippen molar-refractivity contribution in [3.8, 4) is 11.8 Å². The molecule has 0 fully saturated rings. The molecule has 3 rings (SSSR count). The Morgan fingerprint density at radius 1 is 1.19 bits per heavy atom. The van der Waals surface area contributed by atoms with E-state index in [0.717, 1.165) is 46.9 Å². The van der Waals surface area contributed by atoms with Gasteiger partial charge in [-0.25, -0.2) is 0 Å². The first kappa shape index (κ1) is 13.6. The van der Waals surface area contributed by atoms with E-state index >= 15 is 0 Å². The molecule has 0 spiro atoms. The Balaban J connectivity index is 1.77. The number of alkyl halides is 1. The average Bonchev–Trinajstić information content (AvgIpc) is 2.95. The maximum atomic E-state index is 12.1. The lowest BCUT2D eigenvalue weighted by atomic mass is 10.1. The van der Waals surface area contributed by atoms with E-state index in [4.69, 9.17) is 0 Å². The van der Waals surface area contributed by atoms with Gasteiger partial charge in [-0.15, -0.1) is 0 Å². The summed E-state index contributed by atoms with van der Waals surface area (Å²) in [5.74, 6) is 6.28. The Bertz CT molecular complexity index is 755. The van der Waals surface area contributed by atoms with Crippen LogP contribution in [0.5, 0.6) is 0 Å². The molecule has 1 aromatic carbocycles.